The standard InChI is InChI=1S/C46H54N6O8/c1-35-9-7-14-40(48-35)44(45(54)47-20-19-43(53)52-33-38-12-4-3-10-36(38)17-18-37-11-5-6-16-42(37)52)51-23-27-59-31-29-57-25-21-50(22-26-58-30-32-60-28-24-51)34-39-13-8-15-41(49-39)46(55)56-2/h3-16,44H,19-34H2,1-2H3,(H,47,54). The first kappa shape index (κ1) is 44.0. The van der Waals surface area contributed by atoms with Crippen molar-refractivity contribution in [2.24, 2.45) is 0 Å². The average Bonchev–Trinajstić information content (AvgIpc) is 3.25. The van der Waals surface area contributed by atoms with Crippen molar-refractivity contribution in [3.05, 3.63) is 124 Å². The Labute approximate surface area is 352 Å². The van der Waals surface area contributed by atoms with E-state index in [2.05, 4.69) is 27.0 Å². The molecule has 6 rings (SSSR count). The Balaban J connectivity index is 1.07. The predicted molar refractivity (Wildman–Crippen MR) is 225 cm³/mol. The molecule has 316 valence electrons. The maximum atomic E-state index is 14.2. The molecule has 1 unspecified atom stereocenters. The van der Waals surface area contributed by atoms with Gasteiger partial charge in [-0.25, -0.2) is 9.78 Å². The molecule has 2 aliphatic heterocycles. The van der Waals surface area contributed by atoms with Gasteiger partial charge in [0, 0.05) is 62.5 Å². The van der Waals surface area contributed by atoms with E-state index in [1.807, 2.05) is 84.6 Å². The van der Waals surface area contributed by atoms with Crippen LogP contribution in [0.1, 0.15) is 56.7 Å². The highest BCUT2D eigenvalue weighted by Gasteiger charge is 2.30. The number of fused-ring (bicyclic) bond motifs is 2. The summed E-state index contributed by atoms with van der Waals surface area (Å²) >= 11 is 0. The molecule has 0 aliphatic carbocycles. The number of para-hydroxylation sites is 1. The molecule has 1 atom stereocenters. The van der Waals surface area contributed by atoms with Crippen molar-refractivity contribution >= 4 is 23.5 Å². The number of carbonyl (C=O) groups excluding carboxylic acids is 3. The normalized spacial score (nSPS) is 16.9. The number of carbonyl (C=O) groups is 3. The van der Waals surface area contributed by atoms with Gasteiger partial charge in [-0.05, 0) is 55.0 Å². The summed E-state index contributed by atoms with van der Waals surface area (Å²) in [5, 5.41) is 3.05. The van der Waals surface area contributed by atoms with E-state index in [0.29, 0.717) is 97.8 Å². The molecule has 2 amide bonds. The van der Waals surface area contributed by atoms with Crippen LogP contribution in [-0.4, -0.2) is 130 Å². The van der Waals surface area contributed by atoms with Crippen LogP contribution < -0.4 is 10.2 Å². The SMILES string of the molecule is COC(=O)c1cccc(CN2CCOCCOCCN(C(C(=O)NCCC(=O)N3Cc4ccccc4C#Cc4ccccc43)c3cccc(C)n3)CCOCCOCC2)n1. The summed E-state index contributed by atoms with van der Waals surface area (Å²) < 4.78 is 28.7. The van der Waals surface area contributed by atoms with E-state index in [0.717, 1.165) is 33.8 Å². The number of pyridine rings is 2. The van der Waals surface area contributed by atoms with Crippen molar-refractivity contribution < 1.29 is 38.1 Å². The highest BCUT2D eigenvalue weighted by Crippen LogP contribution is 2.26. The van der Waals surface area contributed by atoms with E-state index in [1.165, 1.54) is 7.11 Å². The van der Waals surface area contributed by atoms with Gasteiger partial charge in [-0.2, -0.15) is 0 Å². The summed E-state index contributed by atoms with van der Waals surface area (Å²) in [4.78, 5) is 55.3. The molecule has 4 aromatic rings. The number of nitrogens with zero attached hydrogens (tertiary/aromatic N) is 5. The number of methoxy groups -OCH3 is 1. The summed E-state index contributed by atoms with van der Waals surface area (Å²) in [5.74, 6) is 5.63. The molecule has 0 spiro atoms. The van der Waals surface area contributed by atoms with E-state index in [9.17, 15) is 14.4 Å². The maximum Gasteiger partial charge on any atom is 0.356 e. The van der Waals surface area contributed by atoms with Crippen molar-refractivity contribution in [1.82, 2.24) is 25.1 Å². The lowest BCUT2D eigenvalue weighted by Gasteiger charge is -2.31. The quantitative estimate of drug-likeness (QED) is 0.193. The molecule has 1 fully saturated rings. The van der Waals surface area contributed by atoms with Gasteiger partial charge in [0.15, 0.2) is 0 Å². The first-order valence-corrected chi connectivity index (χ1v) is 20.4. The molecular formula is C46H54N6O8. The third kappa shape index (κ3) is 13.0. The molecule has 14 heteroatoms. The van der Waals surface area contributed by atoms with Crippen LogP contribution >= 0.6 is 0 Å². The number of aryl methyl sites for hydroxylation is 1. The number of benzene rings is 2. The van der Waals surface area contributed by atoms with Crippen molar-refractivity contribution in [2.45, 2.75) is 32.5 Å². The van der Waals surface area contributed by atoms with Crippen LogP contribution in [0.2, 0.25) is 0 Å². The number of anilines is 1. The van der Waals surface area contributed by atoms with Crippen LogP contribution in [0.4, 0.5) is 5.69 Å². The van der Waals surface area contributed by atoms with E-state index in [4.69, 9.17) is 28.7 Å². The highest BCUT2D eigenvalue weighted by atomic mass is 16.5. The summed E-state index contributed by atoms with van der Waals surface area (Å²) in [5.41, 5.74) is 5.76. The molecule has 0 saturated carbocycles. The molecule has 1 N–H and O–H groups in total. The van der Waals surface area contributed by atoms with Crippen LogP contribution in [0.15, 0.2) is 84.9 Å². The Kier molecular flexibility index (Phi) is 17.1. The van der Waals surface area contributed by atoms with Crippen molar-refractivity contribution in [3.63, 3.8) is 0 Å². The van der Waals surface area contributed by atoms with Gasteiger partial charge in [0.05, 0.1) is 83.6 Å². The Morgan fingerprint density at radius 1 is 0.733 bits per heavy atom. The number of hydrogen-bond donors (Lipinski definition) is 1. The molecule has 0 radical (unpaired) electrons. The van der Waals surface area contributed by atoms with Gasteiger partial charge in [-0.3, -0.25) is 24.4 Å². The van der Waals surface area contributed by atoms with Crippen LogP contribution in [-0.2, 0) is 46.4 Å². The number of ether oxygens (including phenoxy) is 5. The second-order valence-corrected chi connectivity index (χ2v) is 14.3. The molecule has 1 saturated heterocycles. The largest absolute Gasteiger partial charge is 0.464 e. The molecule has 2 aromatic heterocycles. The molecule has 14 nitrogen and oxygen atoms in total. The Morgan fingerprint density at radius 3 is 2.07 bits per heavy atom. The molecule has 60 heavy (non-hydrogen) atoms. The highest BCUT2D eigenvalue weighted by molar-refractivity contribution is 5.95. The van der Waals surface area contributed by atoms with Crippen LogP contribution in [0.3, 0.4) is 0 Å². The topological polar surface area (TPSA) is 145 Å². The fourth-order valence-corrected chi connectivity index (χ4v) is 6.99. The van der Waals surface area contributed by atoms with Gasteiger partial charge < -0.3 is 33.9 Å². The van der Waals surface area contributed by atoms with Crippen molar-refractivity contribution in [2.75, 3.05) is 97.6 Å². The van der Waals surface area contributed by atoms with Crippen LogP contribution in [0.5, 0.6) is 0 Å². The van der Waals surface area contributed by atoms with Gasteiger partial charge in [0.2, 0.25) is 11.8 Å². The summed E-state index contributed by atoms with van der Waals surface area (Å²) in [6.07, 6.45) is 0.0904. The van der Waals surface area contributed by atoms with Crippen molar-refractivity contribution in [1.29, 1.82) is 0 Å². The van der Waals surface area contributed by atoms with E-state index >= 15 is 0 Å². The molecule has 2 aromatic carbocycles. The number of esters is 1. The van der Waals surface area contributed by atoms with Crippen LogP contribution in [0, 0.1) is 18.8 Å². The van der Waals surface area contributed by atoms with Crippen LogP contribution in [0.25, 0.3) is 0 Å². The van der Waals surface area contributed by atoms with E-state index in [-0.39, 0.29) is 30.5 Å². The zero-order valence-corrected chi connectivity index (χ0v) is 34.5. The second-order valence-electron chi connectivity index (χ2n) is 14.3. The lowest BCUT2D eigenvalue weighted by Crippen LogP contribution is -2.45. The molecular weight excluding hydrogens is 765 g/mol. The minimum atomic E-state index is -0.761. The van der Waals surface area contributed by atoms with E-state index in [1.54, 1.807) is 17.0 Å². The number of hydrogen-bond acceptors (Lipinski definition) is 12. The number of rotatable bonds is 9. The number of nitrogens with one attached hydrogen (secondary N) is 1. The fourth-order valence-electron chi connectivity index (χ4n) is 6.99. The first-order valence-electron chi connectivity index (χ1n) is 20.4. The van der Waals surface area contributed by atoms with Gasteiger partial charge in [0.25, 0.3) is 0 Å². The van der Waals surface area contributed by atoms with Gasteiger partial charge >= 0.3 is 5.97 Å². The van der Waals surface area contributed by atoms with Gasteiger partial charge in [0.1, 0.15) is 11.7 Å². The van der Waals surface area contributed by atoms with E-state index < -0.39 is 12.0 Å². The van der Waals surface area contributed by atoms with Gasteiger partial charge in [-0.1, -0.05) is 54.3 Å². The zero-order valence-electron chi connectivity index (χ0n) is 34.5. The fraction of sp³-hybridized carbons (Fsp3) is 0.413. The molecule has 2 aliphatic rings. The van der Waals surface area contributed by atoms with Gasteiger partial charge in [-0.15, -0.1) is 0 Å². The zero-order chi connectivity index (χ0) is 41.9. The lowest BCUT2D eigenvalue weighted by atomic mass is 10.0. The minimum Gasteiger partial charge on any atom is -0.464 e. The second kappa shape index (κ2) is 23.3. The Morgan fingerprint density at radius 2 is 1.37 bits per heavy atom. The number of aromatic nitrogens is 2. The lowest BCUT2D eigenvalue weighted by molar-refractivity contribution is -0.127. The third-order valence-corrected chi connectivity index (χ3v) is 10.1. The predicted octanol–water partition coefficient (Wildman–Crippen LogP) is 3.95. The summed E-state index contributed by atoms with van der Waals surface area (Å²) in [6.45, 7) is 8.12. The smallest absolute Gasteiger partial charge is 0.356 e. The minimum absolute atomic E-state index is 0.0904. The molecule has 4 heterocycles. The van der Waals surface area contributed by atoms with Crippen molar-refractivity contribution in [3.8, 4) is 11.8 Å². The third-order valence-electron chi connectivity index (χ3n) is 10.1. The number of amides is 2. The monoisotopic (exact) mass is 818 g/mol. The first-order chi connectivity index (χ1) is 29.4. The Bertz CT molecular complexity index is 2080. The average molecular weight is 819 g/mol. The maximum absolute atomic E-state index is 14.2. The molecule has 0 bridgehead atoms. The summed E-state index contributed by atoms with van der Waals surface area (Å²) in [6, 6.07) is 25.7. The Hall–Kier alpha value is -5.53. The summed E-state index contributed by atoms with van der Waals surface area (Å²) in [7, 11) is 1.34.